The third-order valence-electron chi connectivity index (χ3n) is 4.44. The maximum Gasteiger partial charge on any atom is 0.307 e. The fourth-order valence-corrected chi connectivity index (χ4v) is 3.38. The van der Waals surface area contributed by atoms with Crippen LogP contribution in [0.1, 0.15) is 25.0 Å². The van der Waals surface area contributed by atoms with Crippen LogP contribution in [-0.4, -0.2) is 29.3 Å². The number of aromatic nitrogens is 1. The molecule has 142 valence electrons. The number of carboxylic acid groups (broad SMARTS) is 1. The highest BCUT2D eigenvalue weighted by Gasteiger charge is 2.19. The summed E-state index contributed by atoms with van der Waals surface area (Å²) < 4.78 is 11.3. The zero-order valence-electron chi connectivity index (χ0n) is 15.6. The number of carbonyl (C=O) groups is 1. The smallest absolute Gasteiger partial charge is 0.307 e. The largest absolute Gasteiger partial charge is 0.490 e. The van der Waals surface area contributed by atoms with Crippen LogP contribution < -0.4 is 9.47 Å². The minimum Gasteiger partial charge on any atom is -0.490 e. The SMILES string of the molecule is CCOc1ccc(-c2[nH]c3c(C)c(Cl)ccc3c2CC(=O)O)cc1OCC. The highest BCUT2D eigenvalue weighted by molar-refractivity contribution is 6.32. The number of nitrogens with one attached hydrogen (secondary N) is 1. The van der Waals surface area contributed by atoms with E-state index in [1.165, 1.54) is 0 Å². The van der Waals surface area contributed by atoms with E-state index in [2.05, 4.69) is 4.98 Å². The molecule has 0 aliphatic heterocycles. The Morgan fingerprint density at radius 1 is 1.11 bits per heavy atom. The van der Waals surface area contributed by atoms with Gasteiger partial charge in [-0.05, 0) is 56.2 Å². The first-order valence-corrected chi connectivity index (χ1v) is 9.25. The lowest BCUT2D eigenvalue weighted by molar-refractivity contribution is -0.136. The fraction of sp³-hybridized carbons (Fsp3) is 0.286. The predicted molar refractivity (Wildman–Crippen MR) is 107 cm³/mol. The lowest BCUT2D eigenvalue weighted by atomic mass is 10.0. The average Bonchev–Trinajstić information content (AvgIpc) is 2.98. The molecule has 3 aromatic rings. The molecule has 2 N–H and O–H groups in total. The number of aromatic amines is 1. The Morgan fingerprint density at radius 2 is 1.81 bits per heavy atom. The number of rotatable bonds is 7. The fourth-order valence-electron chi connectivity index (χ4n) is 3.22. The quantitative estimate of drug-likeness (QED) is 0.583. The molecule has 2 aromatic carbocycles. The van der Waals surface area contributed by atoms with E-state index < -0.39 is 5.97 Å². The van der Waals surface area contributed by atoms with Crippen LogP contribution >= 0.6 is 11.6 Å². The van der Waals surface area contributed by atoms with Crippen LogP contribution in [0.3, 0.4) is 0 Å². The van der Waals surface area contributed by atoms with Gasteiger partial charge in [-0.15, -0.1) is 0 Å². The molecule has 0 amide bonds. The summed E-state index contributed by atoms with van der Waals surface area (Å²) >= 11 is 6.25. The number of H-pyrrole nitrogens is 1. The minimum absolute atomic E-state index is 0.0897. The first kappa shape index (κ1) is 19.1. The molecule has 1 heterocycles. The molecular formula is C21H22ClNO4. The number of ether oxygens (including phenoxy) is 2. The van der Waals surface area contributed by atoms with Gasteiger partial charge in [0.1, 0.15) is 0 Å². The van der Waals surface area contributed by atoms with Crippen molar-refractivity contribution < 1.29 is 19.4 Å². The van der Waals surface area contributed by atoms with Crippen molar-refractivity contribution in [2.24, 2.45) is 0 Å². The summed E-state index contributed by atoms with van der Waals surface area (Å²) in [6.45, 7) is 6.78. The standard InChI is InChI=1S/C21H22ClNO4/c1-4-26-17-9-6-13(10-18(17)27-5-2)21-15(11-19(24)25)14-7-8-16(22)12(3)20(14)23-21/h6-10,23H,4-5,11H2,1-3H3,(H,24,25). The average molecular weight is 388 g/mol. The van der Waals surface area contributed by atoms with E-state index in [0.717, 1.165) is 33.3 Å². The topological polar surface area (TPSA) is 71.6 Å². The molecule has 0 saturated heterocycles. The van der Waals surface area contributed by atoms with Crippen molar-refractivity contribution >= 4 is 28.5 Å². The molecule has 0 saturated carbocycles. The van der Waals surface area contributed by atoms with E-state index in [0.29, 0.717) is 29.7 Å². The maximum atomic E-state index is 11.5. The van der Waals surface area contributed by atoms with Gasteiger partial charge in [-0.2, -0.15) is 0 Å². The number of aryl methyl sites for hydroxylation is 1. The molecule has 1 aromatic heterocycles. The van der Waals surface area contributed by atoms with Crippen LogP contribution in [0.25, 0.3) is 22.2 Å². The zero-order chi connectivity index (χ0) is 19.6. The molecular weight excluding hydrogens is 366 g/mol. The summed E-state index contributed by atoms with van der Waals surface area (Å²) in [4.78, 5) is 14.8. The van der Waals surface area contributed by atoms with Crippen LogP contribution in [0.15, 0.2) is 30.3 Å². The van der Waals surface area contributed by atoms with Crippen molar-refractivity contribution in [1.82, 2.24) is 4.98 Å². The summed E-state index contributed by atoms with van der Waals surface area (Å²) in [5.41, 5.74) is 4.05. The molecule has 0 bridgehead atoms. The Kier molecular flexibility index (Phi) is 5.61. The summed E-state index contributed by atoms with van der Waals surface area (Å²) in [5, 5.41) is 10.9. The third-order valence-corrected chi connectivity index (χ3v) is 4.85. The van der Waals surface area contributed by atoms with Gasteiger partial charge in [0, 0.05) is 16.0 Å². The number of benzene rings is 2. The van der Waals surface area contributed by atoms with E-state index in [-0.39, 0.29) is 6.42 Å². The second kappa shape index (κ2) is 7.92. The Labute approximate surface area is 162 Å². The van der Waals surface area contributed by atoms with Gasteiger partial charge < -0.3 is 19.6 Å². The summed E-state index contributed by atoms with van der Waals surface area (Å²) in [5.74, 6) is 0.408. The third kappa shape index (κ3) is 3.74. The monoisotopic (exact) mass is 387 g/mol. The minimum atomic E-state index is -0.888. The second-order valence-electron chi connectivity index (χ2n) is 6.17. The van der Waals surface area contributed by atoms with Gasteiger partial charge in [-0.1, -0.05) is 17.7 Å². The van der Waals surface area contributed by atoms with Crippen LogP contribution in [0.2, 0.25) is 5.02 Å². The Bertz CT molecular complexity index is 994. The molecule has 0 atom stereocenters. The maximum absolute atomic E-state index is 11.5. The number of carboxylic acids is 1. The molecule has 0 radical (unpaired) electrons. The van der Waals surface area contributed by atoms with Crippen molar-refractivity contribution in [3.8, 4) is 22.8 Å². The number of halogens is 1. The van der Waals surface area contributed by atoms with Gasteiger partial charge in [-0.3, -0.25) is 4.79 Å². The lowest BCUT2D eigenvalue weighted by Gasteiger charge is -2.12. The van der Waals surface area contributed by atoms with Gasteiger partial charge in [0.25, 0.3) is 0 Å². The van der Waals surface area contributed by atoms with E-state index in [9.17, 15) is 9.90 Å². The molecule has 5 nitrogen and oxygen atoms in total. The molecule has 0 fully saturated rings. The van der Waals surface area contributed by atoms with Crippen LogP contribution in [-0.2, 0) is 11.2 Å². The van der Waals surface area contributed by atoms with Gasteiger partial charge in [-0.25, -0.2) is 0 Å². The van der Waals surface area contributed by atoms with Crippen LogP contribution in [0, 0.1) is 6.92 Å². The molecule has 6 heteroatoms. The van der Waals surface area contributed by atoms with E-state index >= 15 is 0 Å². The summed E-state index contributed by atoms with van der Waals surface area (Å²) in [6, 6.07) is 9.29. The number of aliphatic carboxylic acids is 1. The van der Waals surface area contributed by atoms with E-state index in [1.54, 1.807) is 6.07 Å². The lowest BCUT2D eigenvalue weighted by Crippen LogP contribution is -2.02. The van der Waals surface area contributed by atoms with Gasteiger partial charge >= 0.3 is 5.97 Å². The summed E-state index contributed by atoms with van der Waals surface area (Å²) in [6.07, 6.45) is -0.0897. The molecule has 0 aliphatic carbocycles. The molecule has 3 rings (SSSR count). The summed E-state index contributed by atoms with van der Waals surface area (Å²) in [7, 11) is 0. The highest BCUT2D eigenvalue weighted by atomic mass is 35.5. The zero-order valence-corrected chi connectivity index (χ0v) is 16.3. The van der Waals surface area contributed by atoms with Crippen LogP contribution in [0.4, 0.5) is 0 Å². The Balaban J connectivity index is 2.22. The number of hydrogen-bond donors (Lipinski definition) is 2. The second-order valence-corrected chi connectivity index (χ2v) is 6.58. The molecule has 0 spiro atoms. The van der Waals surface area contributed by atoms with Crippen molar-refractivity contribution in [1.29, 1.82) is 0 Å². The Hall–Kier alpha value is -2.66. The predicted octanol–water partition coefficient (Wildman–Crippen LogP) is 5.22. The van der Waals surface area contributed by atoms with Crippen molar-refractivity contribution in [3.63, 3.8) is 0 Å². The van der Waals surface area contributed by atoms with E-state index in [4.69, 9.17) is 21.1 Å². The normalized spacial score (nSPS) is 11.0. The number of fused-ring (bicyclic) bond motifs is 1. The highest BCUT2D eigenvalue weighted by Crippen LogP contribution is 2.38. The van der Waals surface area contributed by atoms with Gasteiger partial charge in [0.2, 0.25) is 0 Å². The van der Waals surface area contributed by atoms with Crippen molar-refractivity contribution in [2.45, 2.75) is 27.2 Å². The number of hydrogen-bond acceptors (Lipinski definition) is 3. The van der Waals surface area contributed by atoms with Crippen molar-refractivity contribution in [3.05, 3.63) is 46.5 Å². The first-order valence-electron chi connectivity index (χ1n) is 8.87. The van der Waals surface area contributed by atoms with Crippen LogP contribution in [0.5, 0.6) is 11.5 Å². The first-order chi connectivity index (χ1) is 13.0. The van der Waals surface area contributed by atoms with Gasteiger partial charge in [0.05, 0.1) is 30.8 Å². The van der Waals surface area contributed by atoms with Gasteiger partial charge in [0.15, 0.2) is 11.5 Å². The molecule has 0 unspecified atom stereocenters. The molecule has 27 heavy (non-hydrogen) atoms. The van der Waals surface area contributed by atoms with Crippen molar-refractivity contribution in [2.75, 3.05) is 13.2 Å². The molecule has 0 aliphatic rings. The van der Waals surface area contributed by atoms with E-state index in [1.807, 2.05) is 45.0 Å². The Morgan fingerprint density at radius 3 is 2.48 bits per heavy atom.